The Morgan fingerprint density at radius 3 is 2.39 bits per heavy atom. The number of aliphatic imine (C=N–C) groups is 1. The van der Waals surface area contributed by atoms with Crippen LogP contribution in [0.2, 0.25) is 0 Å². The number of rotatable bonds is 2. The van der Waals surface area contributed by atoms with Crippen molar-refractivity contribution < 1.29 is 9.60 Å². The number of amidine groups is 1. The summed E-state index contributed by atoms with van der Waals surface area (Å²) in [6.45, 7) is 0. The molecule has 0 saturated heterocycles. The third-order valence-corrected chi connectivity index (χ3v) is 2.83. The van der Waals surface area contributed by atoms with Gasteiger partial charge in [0.25, 0.3) is 0 Å². The van der Waals surface area contributed by atoms with Crippen LogP contribution in [0.3, 0.4) is 0 Å². The minimum Gasteiger partial charge on any atom is -0.290 e. The quantitative estimate of drug-likeness (QED) is 0.505. The Morgan fingerprint density at radius 1 is 1.11 bits per heavy atom. The van der Waals surface area contributed by atoms with Gasteiger partial charge in [0, 0.05) is 4.47 Å². The zero-order chi connectivity index (χ0) is 13.0. The van der Waals surface area contributed by atoms with Crippen molar-refractivity contribution in [2.45, 2.75) is 0 Å². The smallest absolute Gasteiger partial charge is 0.160 e. The lowest BCUT2D eigenvalue weighted by atomic mass is 10.2. The van der Waals surface area contributed by atoms with Crippen LogP contribution in [0.1, 0.15) is 5.56 Å². The zero-order valence-corrected chi connectivity index (χ0v) is 10.9. The van der Waals surface area contributed by atoms with Gasteiger partial charge in [-0.3, -0.25) is 10.7 Å². The van der Waals surface area contributed by atoms with Crippen LogP contribution in [0.4, 0.5) is 10.1 Å². The van der Waals surface area contributed by atoms with Crippen molar-refractivity contribution in [3.8, 4) is 0 Å². The normalized spacial score (nSPS) is 11.4. The van der Waals surface area contributed by atoms with Crippen LogP contribution < -0.4 is 5.48 Å². The second kappa shape index (κ2) is 5.75. The Kier molecular flexibility index (Phi) is 4.07. The molecule has 18 heavy (non-hydrogen) atoms. The van der Waals surface area contributed by atoms with E-state index in [0.717, 1.165) is 4.47 Å². The molecule has 0 bridgehead atoms. The van der Waals surface area contributed by atoms with Gasteiger partial charge in [-0.25, -0.2) is 9.38 Å². The largest absolute Gasteiger partial charge is 0.290 e. The van der Waals surface area contributed by atoms with Gasteiger partial charge in [0.05, 0.1) is 11.3 Å². The van der Waals surface area contributed by atoms with Crippen molar-refractivity contribution in [1.29, 1.82) is 0 Å². The summed E-state index contributed by atoms with van der Waals surface area (Å²) >= 11 is 3.31. The molecule has 92 valence electrons. The second-order valence-corrected chi connectivity index (χ2v) is 4.44. The highest BCUT2D eigenvalue weighted by Crippen LogP contribution is 2.18. The first-order valence-corrected chi connectivity index (χ1v) is 5.99. The van der Waals surface area contributed by atoms with Crippen molar-refractivity contribution >= 4 is 27.5 Å². The molecule has 0 amide bonds. The number of halogens is 2. The molecule has 0 spiro atoms. The van der Waals surface area contributed by atoms with E-state index < -0.39 is 5.82 Å². The van der Waals surface area contributed by atoms with Gasteiger partial charge >= 0.3 is 0 Å². The first-order valence-electron chi connectivity index (χ1n) is 5.20. The summed E-state index contributed by atoms with van der Waals surface area (Å²) in [5, 5.41) is 9.06. The minimum atomic E-state index is -0.449. The molecule has 0 aliphatic carbocycles. The third-order valence-electron chi connectivity index (χ3n) is 2.30. The number of hydrogen-bond donors (Lipinski definition) is 2. The summed E-state index contributed by atoms with van der Waals surface area (Å²) in [7, 11) is 0. The number of hydrogen-bond acceptors (Lipinski definition) is 2. The summed E-state index contributed by atoms with van der Waals surface area (Å²) in [5.74, 6) is -0.384. The molecule has 2 N–H and O–H groups in total. The molecule has 2 rings (SSSR count). The first kappa shape index (κ1) is 12.7. The van der Waals surface area contributed by atoms with Crippen LogP contribution in [-0.4, -0.2) is 11.0 Å². The standard InChI is InChI=1S/C13H10BrFN2O/c14-9-5-7-10(8-6-9)16-13(17-18)11-3-1-2-4-12(11)15/h1-8,18H,(H,16,17). The van der Waals surface area contributed by atoms with E-state index in [1.165, 1.54) is 12.1 Å². The molecule has 0 aromatic heterocycles. The van der Waals surface area contributed by atoms with E-state index in [0.29, 0.717) is 5.69 Å². The van der Waals surface area contributed by atoms with Gasteiger partial charge in [0.15, 0.2) is 5.84 Å². The van der Waals surface area contributed by atoms with E-state index in [-0.39, 0.29) is 11.4 Å². The lowest BCUT2D eigenvalue weighted by Crippen LogP contribution is -2.21. The Balaban J connectivity index is 2.40. The fourth-order valence-corrected chi connectivity index (χ4v) is 1.71. The first-order chi connectivity index (χ1) is 8.70. The van der Waals surface area contributed by atoms with Gasteiger partial charge in [-0.2, -0.15) is 0 Å². The monoisotopic (exact) mass is 308 g/mol. The van der Waals surface area contributed by atoms with Crippen molar-refractivity contribution in [2.24, 2.45) is 4.99 Å². The Labute approximate surface area is 112 Å². The molecule has 0 saturated carbocycles. The fourth-order valence-electron chi connectivity index (χ4n) is 1.44. The fraction of sp³-hybridized carbons (Fsp3) is 0. The van der Waals surface area contributed by atoms with E-state index in [1.807, 2.05) is 17.6 Å². The number of nitrogens with one attached hydrogen (secondary N) is 1. The maximum absolute atomic E-state index is 13.6. The van der Waals surface area contributed by atoms with Gasteiger partial charge in [0.1, 0.15) is 5.82 Å². The highest BCUT2D eigenvalue weighted by molar-refractivity contribution is 9.10. The van der Waals surface area contributed by atoms with E-state index in [4.69, 9.17) is 5.21 Å². The summed E-state index contributed by atoms with van der Waals surface area (Å²) in [6, 6.07) is 13.2. The highest BCUT2D eigenvalue weighted by Gasteiger charge is 2.07. The van der Waals surface area contributed by atoms with Crippen LogP contribution in [-0.2, 0) is 0 Å². The molecule has 0 atom stereocenters. The molecule has 5 heteroatoms. The summed E-state index contributed by atoms with van der Waals surface area (Å²) in [6.07, 6.45) is 0. The lowest BCUT2D eigenvalue weighted by molar-refractivity contribution is 0.235. The molecule has 2 aromatic carbocycles. The van der Waals surface area contributed by atoms with E-state index >= 15 is 0 Å². The van der Waals surface area contributed by atoms with Gasteiger partial charge in [-0.05, 0) is 36.4 Å². The van der Waals surface area contributed by atoms with E-state index in [2.05, 4.69) is 20.9 Å². The number of benzene rings is 2. The molecule has 0 unspecified atom stereocenters. The average Bonchev–Trinajstić information content (AvgIpc) is 2.39. The van der Waals surface area contributed by atoms with Crippen molar-refractivity contribution in [1.82, 2.24) is 5.48 Å². The maximum atomic E-state index is 13.6. The molecule has 0 aliphatic heterocycles. The predicted octanol–water partition coefficient (Wildman–Crippen LogP) is 3.65. The summed E-state index contributed by atoms with van der Waals surface area (Å²) in [4.78, 5) is 4.14. The Morgan fingerprint density at radius 2 is 1.78 bits per heavy atom. The van der Waals surface area contributed by atoms with Gasteiger partial charge in [-0.1, -0.05) is 28.1 Å². The molecule has 0 radical (unpaired) electrons. The van der Waals surface area contributed by atoms with Crippen LogP contribution in [0.15, 0.2) is 58.0 Å². The van der Waals surface area contributed by atoms with Crippen LogP contribution in [0.25, 0.3) is 0 Å². The van der Waals surface area contributed by atoms with Gasteiger partial charge in [0.2, 0.25) is 0 Å². The molecule has 0 fully saturated rings. The predicted molar refractivity (Wildman–Crippen MR) is 71.7 cm³/mol. The molecule has 0 heterocycles. The second-order valence-electron chi connectivity index (χ2n) is 3.53. The zero-order valence-electron chi connectivity index (χ0n) is 9.27. The topological polar surface area (TPSA) is 44.6 Å². The van der Waals surface area contributed by atoms with Gasteiger partial charge < -0.3 is 0 Å². The van der Waals surface area contributed by atoms with Crippen molar-refractivity contribution in [3.63, 3.8) is 0 Å². The van der Waals surface area contributed by atoms with Crippen LogP contribution in [0.5, 0.6) is 0 Å². The van der Waals surface area contributed by atoms with Crippen molar-refractivity contribution in [3.05, 3.63) is 64.4 Å². The van der Waals surface area contributed by atoms with Crippen molar-refractivity contribution in [2.75, 3.05) is 0 Å². The molecular formula is C13H10BrFN2O. The third kappa shape index (κ3) is 2.94. The van der Waals surface area contributed by atoms with Crippen LogP contribution >= 0.6 is 15.9 Å². The Hall–Kier alpha value is -1.72. The molecule has 0 aliphatic rings. The summed E-state index contributed by atoms with van der Waals surface area (Å²) in [5.41, 5.74) is 2.74. The highest BCUT2D eigenvalue weighted by atomic mass is 79.9. The van der Waals surface area contributed by atoms with Crippen LogP contribution in [0, 0.1) is 5.82 Å². The van der Waals surface area contributed by atoms with E-state index in [9.17, 15) is 4.39 Å². The number of hydroxylamine groups is 1. The SMILES string of the molecule is ONC(=Nc1ccc(Br)cc1)c1ccccc1F. The molecular weight excluding hydrogens is 299 g/mol. The lowest BCUT2D eigenvalue weighted by Gasteiger charge is -2.06. The Bertz CT molecular complexity index is 569. The molecule has 2 aromatic rings. The number of nitrogens with zero attached hydrogens (tertiary/aromatic N) is 1. The summed E-state index contributed by atoms with van der Waals surface area (Å²) < 4.78 is 14.5. The molecule has 3 nitrogen and oxygen atoms in total. The minimum absolute atomic E-state index is 0.0652. The maximum Gasteiger partial charge on any atom is 0.160 e. The average molecular weight is 309 g/mol. The van der Waals surface area contributed by atoms with Gasteiger partial charge in [-0.15, -0.1) is 0 Å². The van der Waals surface area contributed by atoms with E-state index in [1.54, 1.807) is 24.3 Å².